The van der Waals surface area contributed by atoms with Gasteiger partial charge in [-0.3, -0.25) is 4.79 Å². The molecule has 174 valence electrons. The van der Waals surface area contributed by atoms with Gasteiger partial charge < -0.3 is 23.9 Å². The molecule has 0 spiro atoms. The quantitative estimate of drug-likeness (QED) is 0.437. The average Bonchev–Trinajstić information content (AvgIpc) is 3.54. The Morgan fingerprint density at radius 3 is 2.70 bits per heavy atom. The van der Waals surface area contributed by atoms with E-state index in [4.69, 9.17) is 18.6 Å². The van der Waals surface area contributed by atoms with Gasteiger partial charge in [-0.2, -0.15) is 0 Å². The summed E-state index contributed by atoms with van der Waals surface area (Å²) in [4.78, 5) is 17.3. The number of benzene rings is 2. The monoisotopic (exact) mass is 450 g/mol. The van der Waals surface area contributed by atoms with Crippen LogP contribution in [0, 0.1) is 11.8 Å². The molecule has 1 aromatic heterocycles. The molecule has 0 radical (unpaired) electrons. The fourth-order valence-corrected chi connectivity index (χ4v) is 3.24. The smallest absolute Gasteiger partial charge is 0.255 e. The second-order valence-corrected chi connectivity index (χ2v) is 8.65. The van der Waals surface area contributed by atoms with Crippen molar-refractivity contribution >= 4 is 5.91 Å². The van der Waals surface area contributed by atoms with Gasteiger partial charge in [-0.05, 0) is 55.0 Å². The third-order valence-electron chi connectivity index (χ3n) is 5.27. The van der Waals surface area contributed by atoms with Crippen LogP contribution in [0.1, 0.15) is 42.7 Å². The summed E-state index contributed by atoms with van der Waals surface area (Å²) < 4.78 is 22.8. The summed E-state index contributed by atoms with van der Waals surface area (Å²) in [5.41, 5.74) is 1.90. The molecule has 7 heteroatoms. The van der Waals surface area contributed by atoms with E-state index in [2.05, 4.69) is 24.1 Å². The van der Waals surface area contributed by atoms with E-state index in [1.54, 1.807) is 25.5 Å². The van der Waals surface area contributed by atoms with E-state index in [0.717, 1.165) is 5.56 Å². The molecule has 7 nitrogen and oxygen atoms in total. The highest BCUT2D eigenvalue weighted by molar-refractivity contribution is 5.96. The summed E-state index contributed by atoms with van der Waals surface area (Å²) in [5, 5.41) is 2.89. The Labute approximate surface area is 194 Å². The van der Waals surface area contributed by atoms with Crippen LogP contribution >= 0.6 is 0 Å². The summed E-state index contributed by atoms with van der Waals surface area (Å²) >= 11 is 0. The Bertz CT molecular complexity index is 1090. The zero-order chi connectivity index (χ0) is 23.2. The molecular formula is C26H30N2O5. The number of methoxy groups -OCH3 is 1. The van der Waals surface area contributed by atoms with Crippen LogP contribution in [0.25, 0.3) is 11.5 Å². The number of aromatic nitrogens is 1. The summed E-state index contributed by atoms with van der Waals surface area (Å²) in [6, 6.07) is 12.8. The zero-order valence-corrected chi connectivity index (χ0v) is 19.3. The first kappa shape index (κ1) is 22.7. The van der Waals surface area contributed by atoms with Crippen LogP contribution in [-0.4, -0.2) is 31.2 Å². The van der Waals surface area contributed by atoms with E-state index < -0.39 is 0 Å². The number of para-hydroxylation sites is 1. The maximum absolute atomic E-state index is 12.7. The molecule has 1 heterocycles. The van der Waals surface area contributed by atoms with E-state index in [1.807, 2.05) is 30.3 Å². The maximum atomic E-state index is 12.7. The van der Waals surface area contributed by atoms with Crippen LogP contribution in [0.15, 0.2) is 53.1 Å². The van der Waals surface area contributed by atoms with Gasteiger partial charge in [0.05, 0.1) is 38.1 Å². The van der Waals surface area contributed by atoms with Crippen molar-refractivity contribution in [3.05, 3.63) is 60.0 Å². The van der Waals surface area contributed by atoms with Crippen LogP contribution in [0.4, 0.5) is 0 Å². The predicted molar refractivity (Wildman–Crippen MR) is 125 cm³/mol. The second-order valence-electron chi connectivity index (χ2n) is 8.65. The molecule has 0 atom stereocenters. The topological polar surface area (TPSA) is 82.8 Å². The van der Waals surface area contributed by atoms with Crippen molar-refractivity contribution in [2.45, 2.75) is 33.2 Å². The van der Waals surface area contributed by atoms with Gasteiger partial charge >= 0.3 is 0 Å². The van der Waals surface area contributed by atoms with Crippen LogP contribution in [-0.2, 0) is 6.54 Å². The van der Waals surface area contributed by atoms with Crippen LogP contribution in [0.5, 0.6) is 17.2 Å². The summed E-state index contributed by atoms with van der Waals surface area (Å²) in [7, 11) is 1.62. The summed E-state index contributed by atoms with van der Waals surface area (Å²) in [6.07, 6.45) is 3.97. The molecule has 33 heavy (non-hydrogen) atoms. The van der Waals surface area contributed by atoms with Gasteiger partial charge in [0.25, 0.3) is 5.91 Å². The molecule has 1 aliphatic carbocycles. The lowest BCUT2D eigenvalue weighted by Gasteiger charge is -2.12. The number of carbonyl (C=O) groups is 1. The highest BCUT2D eigenvalue weighted by atomic mass is 16.5. The number of hydrogen-bond acceptors (Lipinski definition) is 6. The van der Waals surface area contributed by atoms with Gasteiger partial charge in [0.1, 0.15) is 12.0 Å². The molecule has 1 aliphatic rings. The molecule has 0 unspecified atom stereocenters. The molecule has 2 aromatic carbocycles. The van der Waals surface area contributed by atoms with E-state index in [1.165, 1.54) is 12.8 Å². The van der Waals surface area contributed by atoms with Crippen LogP contribution in [0.3, 0.4) is 0 Å². The van der Waals surface area contributed by atoms with Gasteiger partial charge in [0.15, 0.2) is 11.5 Å². The largest absolute Gasteiger partial charge is 0.493 e. The molecule has 4 rings (SSSR count). The highest BCUT2D eigenvalue weighted by Crippen LogP contribution is 2.35. The van der Waals surface area contributed by atoms with Crippen molar-refractivity contribution in [2.75, 3.05) is 20.3 Å². The van der Waals surface area contributed by atoms with Crippen molar-refractivity contribution in [1.29, 1.82) is 0 Å². The van der Waals surface area contributed by atoms with Crippen molar-refractivity contribution in [3.63, 3.8) is 0 Å². The highest BCUT2D eigenvalue weighted by Gasteiger charge is 2.23. The third kappa shape index (κ3) is 6.06. The van der Waals surface area contributed by atoms with Gasteiger partial charge in [0, 0.05) is 5.56 Å². The van der Waals surface area contributed by atoms with E-state index >= 15 is 0 Å². The first-order chi connectivity index (χ1) is 16.0. The molecule has 1 fully saturated rings. The predicted octanol–water partition coefficient (Wildman–Crippen LogP) is 5.10. The first-order valence-electron chi connectivity index (χ1n) is 11.3. The Balaban J connectivity index is 1.40. The van der Waals surface area contributed by atoms with Gasteiger partial charge in [-0.15, -0.1) is 0 Å². The Kier molecular flexibility index (Phi) is 7.17. The molecule has 1 saturated carbocycles. The van der Waals surface area contributed by atoms with E-state index in [9.17, 15) is 4.79 Å². The number of oxazole rings is 1. The standard InChI is InChI=1S/C26H30N2O5/c1-17(2)14-31-22-7-5-4-6-21(22)25(29)27-13-20-16-33-26(28-20)19-10-11-23(30-3)24(12-19)32-15-18-8-9-18/h4-7,10-12,16-18H,8-9,13-15H2,1-3H3,(H,27,29). The van der Waals surface area contributed by atoms with E-state index in [-0.39, 0.29) is 12.5 Å². The number of carbonyl (C=O) groups excluding carboxylic acids is 1. The molecule has 0 saturated heterocycles. The number of amides is 1. The van der Waals surface area contributed by atoms with E-state index in [0.29, 0.717) is 59.4 Å². The molecule has 0 aliphatic heterocycles. The second kappa shape index (κ2) is 10.4. The lowest BCUT2D eigenvalue weighted by Crippen LogP contribution is -2.24. The Morgan fingerprint density at radius 2 is 1.94 bits per heavy atom. The molecular weight excluding hydrogens is 420 g/mol. The summed E-state index contributed by atoms with van der Waals surface area (Å²) in [5.74, 6) is 3.16. The minimum atomic E-state index is -0.223. The molecule has 0 bridgehead atoms. The van der Waals surface area contributed by atoms with Gasteiger partial charge in [-0.1, -0.05) is 26.0 Å². The minimum Gasteiger partial charge on any atom is -0.493 e. The first-order valence-corrected chi connectivity index (χ1v) is 11.3. The lowest BCUT2D eigenvalue weighted by atomic mass is 10.2. The Hall–Kier alpha value is -3.48. The number of hydrogen-bond donors (Lipinski definition) is 1. The third-order valence-corrected chi connectivity index (χ3v) is 5.27. The zero-order valence-electron chi connectivity index (χ0n) is 19.3. The number of nitrogens with one attached hydrogen (secondary N) is 1. The van der Waals surface area contributed by atoms with Crippen molar-refractivity contribution in [3.8, 4) is 28.7 Å². The van der Waals surface area contributed by atoms with Crippen LogP contribution < -0.4 is 19.5 Å². The number of ether oxygens (including phenoxy) is 3. The average molecular weight is 451 g/mol. The van der Waals surface area contributed by atoms with Crippen molar-refractivity contribution in [1.82, 2.24) is 10.3 Å². The number of nitrogens with zero attached hydrogens (tertiary/aromatic N) is 1. The van der Waals surface area contributed by atoms with Crippen LogP contribution in [0.2, 0.25) is 0 Å². The lowest BCUT2D eigenvalue weighted by molar-refractivity contribution is 0.0945. The molecule has 1 amide bonds. The minimum absolute atomic E-state index is 0.223. The van der Waals surface area contributed by atoms with Gasteiger partial charge in [0.2, 0.25) is 5.89 Å². The number of rotatable bonds is 11. The normalized spacial score (nSPS) is 13.1. The van der Waals surface area contributed by atoms with Crippen molar-refractivity contribution in [2.24, 2.45) is 11.8 Å². The van der Waals surface area contributed by atoms with Crippen molar-refractivity contribution < 1.29 is 23.4 Å². The summed E-state index contributed by atoms with van der Waals surface area (Å²) in [6.45, 7) is 5.60. The molecule has 1 N–H and O–H groups in total. The Morgan fingerprint density at radius 1 is 1.12 bits per heavy atom. The fraction of sp³-hybridized carbons (Fsp3) is 0.385. The van der Waals surface area contributed by atoms with Gasteiger partial charge in [-0.25, -0.2) is 4.98 Å². The SMILES string of the molecule is COc1ccc(-c2nc(CNC(=O)c3ccccc3OCC(C)C)co2)cc1OCC1CC1. The fourth-order valence-electron chi connectivity index (χ4n) is 3.24. The maximum Gasteiger partial charge on any atom is 0.255 e. The molecule has 3 aromatic rings.